The second-order valence-corrected chi connectivity index (χ2v) is 6.65. The fraction of sp³-hybridized carbons (Fsp3) is 0.278. The first-order chi connectivity index (χ1) is 11.2. The molecule has 1 amide bonds. The lowest BCUT2D eigenvalue weighted by Gasteiger charge is -2.14. The third-order valence-corrected chi connectivity index (χ3v) is 4.33. The summed E-state index contributed by atoms with van der Waals surface area (Å²) in [6, 6.07) is 15.0. The van der Waals surface area contributed by atoms with Gasteiger partial charge in [0.2, 0.25) is 0 Å². The number of ether oxygens (including phenoxy) is 2. The van der Waals surface area contributed by atoms with Crippen LogP contribution >= 0.6 is 22.6 Å². The number of amides is 1. The van der Waals surface area contributed by atoms with Crippen molar-refractivity contribution in [3.8, 4) is 5.75 Å². The number of halogens is 1. The molecular weight excluding hydrogens is 405 g/mol. The number of anilines is 1. The Labute approximate surface area is 149 Å². The molecule has 120 valence electrons. The normalized spacial score (nSPS) is 17.0. The summed E-state index contributed by atoms with van der Waals surface area (Å²) in [6.45, 7) is 1.27. The van der Waals surface area contributed by atoms with E-state index in [1.54, 1.807) is 6.07 Å². The summed E-state index contributed by atoms with van der Waals surface area (Å²) >= 11 is 2.22. The van der Waals surface area contributed by atoms with Crippen molar-refractivity contribution in [2.75, 3.05) is 18.5 Å². The number of nitrogens with one attached hydrogen (secondary N) is 1. The van der Waals surface area contributed by atoms with E-state index in [1.807, 2.05) is 42.5 Å². The van der Waals surface area contributed by atoms with Gasteiger partial charge < -0.3 is 14.8 Å². The Kier molecular flexibility index (Phi) is 5.51. The number of benzene rings is 2. The van der Waals surface area contributed by atoms with E-state index in [4.69, 9.17) is 9.47 Å². The van der Waals surface area contributed by atoms with Gasteiger partial charge in [-0.2, -0.15) is 0 Å². The molecule has 0 spiro atoms. The van der Waals surface area contributed by atoms with E-state index in [1.165, 1.54) is 0 Å². The van der Waals surface area contributed by atoms with Crippen molar-refractivity contribution in [1.82, 2.24) is 0 Å². The van der Waals surface area contributed by atoms with Crippen LogP contribution in [0.15, 0.2) is 48.5 Å². The van der Waals surface area contributed by atoms with Crippen molar-refractivity contribution in [1.29, 1.82) is 0 Å². The average molecular weight is 423 g/mol. The molecule has 1 atom stereocenters. The van der Waals surface area contributed by atoms with Crippen LogP contribution < -0.4 is 10.1 Å². The summed E-state index contributed by atoms with van der Waals surface area (Å²) in [7, 11) is 0. The van der Waals surface area contributed by atoms with Gasteiger partial charge in [-0.1, -0.05) is 18.2 Å². The molecule has 0 aromatic heterocycles. The Hall–Kier alpha value is -1.60. The summed E-state index contributed by atoms with van der Waals surface area (Å²) in [5.74, 6) is 0.418. The number of carbonyl (C=O) groups excluding carboxylic acids is 1. The molecule has 2 aromatic rings. The van der Waals surface area contributed by atoms with Crippen LogP contribution in [-0.2, 0) is 4.74 Å². The van der Waals surface area contributed by atoms with Crippen LogP contribution in [-0.4, -0.2) is 25.2 Å². The molecule has 4 nitrogen and oxygen atoms in total. The van der Waals surface area contributed by atoms with E-state index in [9.17, 15) is 4.79 Å². The zero-order valence-electron chi connectivity index (χ0n) is 12.6. The topological polar surface area (TPSA) is 47.6 Å². The Morgan fingerprint density at radius 1 is 1.26 bits per heavy atom. The summed E-state index contributed by atoms with van der Waals surface area (Å²) in [6.07, 6.45) is 2.21. The maximum atomic E-state index is 12.5. The Balaban J connectivity index is 1.69. The molecule has 1 heterocycles. The minimum absolute atomic E-state index is 0.127. The van der Waals surface area contributed by atoms with E-state index < -0.39 is 0 Å². The fourth-order valence-corrected chi connectivity index (χ4v) is 3.05. The van der Waals surface area contributed by atoms with Crippen molar-refractivity contribution in [2.45, 2.75) is 18.9 Å². The zero-order chi connectivity index (χ0) is 16.1. The fourth-order valence-electron chi connectivity index (χ4n) is 2.50. The Morgan fingerprint density at radius 2 is 2.13 bits per heavy atom. The third kappa shape index (κ3) is 4.45. The van der Waals surface area contributed by atoms with Gasteiger partial charge in [0.15, 0.2) is 0 Å². The molecule has 3 rings (SSSR count). The van der Waals surface area contributed by atoms with Gasteiger partial charge in [0, 0.05) is 15.9 Å². The lowest BCUT2D eigenvalue weighted by molar-refractivity contribution is 0.0673. The van der Waals surface area contributed by atoms with Crippen molar-refractivity contribution >= 4 is 34.2 Å². The minimum atomic E-state index is -0.171. The quantitative estimate of drug-likeness (QED) is 0.737. The van der Waals surface area contributed by atoms with E-state index in [2.05, 4.69) is 27.9 Å². The third-order valence-electron chi connectivity index (χ3n) is 3.66. The van der Waals surface area contributed by atoms with E-state index in [0.29, 0.717) is 17.9 Å². The minimum Gasteiger partial charge on any atom is -0.490 e. The lowest BCUT2D eigenvalue weighted by atomic mass is 10.1. The smallest absolute Gasteiger partial charge is 0.259 e. The van der Waals surface area contributed by atoms with Crippen molar-refractivity contribution in [3.63, 3.8) is 0 Å². The highest BCUT2D eigenvalue weighted by atomic mass is 127. The van der Waals surface area contributed by atoms with E-state index >= 15 is 0 Å². The monoisotopic (exact) mass is 423 g/mol. The zero-order valence-corrected chi connectivity index (χ0v) is 14.8. The molecule has 0 bridgehead atoms. The first kappa shape index (κ1) is 16.3. The molecule has 1 aliphatic rings. The molecule has 23 heavy (non-hydrogen) atoms. The molecule has 0 unspecified atom stereocenters. The summed E-state index contributed by atoms with van der Waals surface area (Å²) in [4.78, 5) is 12.5. The molecule has 1 N–H and O–H groups in total. The number of rotatable bonds is 5. The van der Waals surface area contributed by atoms with Gasteiger partial charge in [0.05, 0.1) is 11.7 Å². The summed E-state index contributed by atoms with van der Waals surface area (Å²) < 4.78 is 12.4. The van der Waals surface area contributed by atoms with Gasteiger partial charge >= 0.3 is 0 Å². The van der Waals surface area contributed by atoms with Gasteiger partial charge in [-0.05, 0) is 65.8 Å². The van der Waals surface area contributed by atoms with E-state index in [0.717, 1.165) is 28.7 Å². The second-order valence-electron chi connectivity index (χ2n) is 5.41. The molecule has 2 aromatic carbocycles. The maximum absolute atomic E-state index is 12.5. The van der Waals surface area contributed by atoms with Crippen LogP contribution in [0.2, 0.25) is 0 Å². The molecule has 1 saturated heterocycles. The van der Waals surface area contributed by atoms with Gasteiger partial charge in [0.1, 0.15) is 12.4 Å². The highest BCUT2D eigenvalue weighted by Gasteiger charge is 2.18. The predicted octanol–water partition coefficient (Wildman–Crippen LogP) is 4.10. The Morgan fingerprint density at radius 3 is 2.91 bits per heavy atom. The molecule has 5 heteroatoms. The maximum Gasteiger partial charge on any atom is 0.259 e. The summed E-state index contributed by atoms with van der Waals surface area (Å²) in [5.41, 5.74) is 1.31. The van der Waals surface area contributed by atoms with Gasteiger partial charge in [-0.3, -0.25) is 4.79 Å². The number of carbonyl (C=O) groups is 1. The molecule has 1 aliphatic heterocycles. The lowest BCUT2D eigenvalue weighted by Crippen LogP contribution is -2.19. The molecule has 0 aliphatic carbocycles. The first-order valence-electron chi connectivity index (χ1n) is 7.63. The standard InChI is InChI=1S/C18H18INO3/c19-13-5-3-6-14(11-13)20-18(21)16-8-1-2-9-17(16)23-12-15-7-4-10-22-15/h1-3,5-6,8-9,11,15H,4,7,10,12H2,(H,20,21)/t15-/m1/s1. The SMILES string of the molecule is O=C(Nc1cccc(I)c1)c1ccccc1OC[C@H]1CCCO1. The van der Waals surface area contributed by atoms with Gasteiger partial charge in [-0.15, -0.1) is 0 Å². The molecule has 0 saturated carbocycles. The number of para-hydroxylation sites is 1. The number of hydrogen-bond acceptors (Lipinski definition) is 3. The van der Waals surface area contributed by atoms with Crippen LogP contribution in [0.25, 0.3) is 0 Å². The van der Waals surface area contributed by atoms with Gasteiger partial charge in [-0.25, -0.2) is 0 Å². The molecule has 0 radical (unpaired) electrons. The van der Waals surface area contributed by atoms with Crippen LogP contribution in [0, 0.1) is 3.57 Å². The van der Waals surface area contributed by atoms with Crippen LogP contribution in [0.1, 0.15) is 23.2 Å². The van der Waals surface area contributed by atoms with Crippen LogP contribution in [0.5, 0.6) is 5.75 Å². The first-order valence-corrected chi connectivity index (χ1v) is 8.70. The van der Waals surface area contributed by atoms with Gasteiger partial charge in [0.25, 0.3) is 5.91 Å². The molecular formula is C18H18INO3. The molecule has 1 fully saturated rings. The van der Waals surface area contributed by atoms with Crippen molar-refractivity contribution in [2.24, 2.45) is 0 Å². The highest BCUT2D eigenvalue weighted by molar-refractivity contribution is 14.1. The number of hydrogen-bond donors (Lipinski definition) is 1. The van der Waals surface area contributed by atoms with Crippen LogP contribution in [0.3, 0.4) is 0 Å². The second kappa shape index (κ2) is 7.79. The van der Waals surface area contributed by atoms with Crippen molar-refractivity contribution < 1.29 is 14.3 Å². The summed E-state index contributed by atoms with van der Waals surface area (Å²) in [5, 5.41) is 2.91. The van der Waals surface area contributed by atoms with Crippen molar-refractivity contribution in [3.05, 3.63) is 57.7 Å². The largest absolute Gasteiger partial charge is 0.490 e. The highest BCUT2D eigenvalue weighted by Crippen LogP contribution is 2.22. The predicted molar refractivity (Wildman–Crippen MR) is 98.0 cm³/mol. The average Bonchev–Trinajstić information content (AvgIpc) is 3.06. The Bertz CT molecular complexity index is 683. The van der Waals surface area contributed by atoms with E-state index in [-0.39, 0.29) is 12.0 Å². The van der Waals surface area contributed by atoms with Crippen LogP contribution in [0.4, 0.5) is 5.69 Å².